The number of likely N-dealkylation sites (N-methyl/N-ethyl adjacent to an activating group) is 3. The second kappa shape index (κ2) is 21.0. The van der Waals surface area contributed by atoms with Crippen LogP contribution < -0.4 is 5.32 Å². The Balaban J connectivity index is 1.23. The molecule has 1 aliphatic heterocycles. The van der Waals surface area contributed by atoms with E-state index in [0.29, 0.717) is 38.3 Å². The van der Waals surface area contributed by atoms with Crippen molar-refractivity contribution in [2.45, 2.75) is 44.9 Å². The summed E-state index contributed by atoms with van der Waals surface area (Å²) in [4.78, 5) is 35.8. The molecule has 8 nitrogen and oxygen atoms in total. The van der Waals surface area contributed by atoms with Gasteiger partial charge in [-0.2, -0.15) is 0 Å². The van der Waals surface area contributed by atoms with Crippen molar-refractivity contribution in [2.75, 3.05) is 86.7 Å². The second-order valence-electron chi connectivity index (χ2n) is 13.4. The number of nitrogens with zero attached hydrogens (tertiary/aromatic N) is 4. The Morgan fingerprint density at radius 2 is 1.15 bits per heavy atom. The summed E-state index contributed by atoms with van der Waals surface area (Å²) in [6.07, 6.45) is 2.81. The molecule has 0 aliphatic carbocycles. The molecule has 0 spiro atoms. The molecule has 0 amide bonds. The van der Waals surface area contributed by atoms with Crippen molar-refractivity contribution in [1.82, 2.24) is 24.9 Å². The highest BCUT2D eigenvalue weighted by Crippen LogP contribution is 2.11. The average molecular weight is 656 g/mol. The first-order valence-electron chi connectivity index (χ1n) is 17.6. The first-order chi connectivity index (χ1) is 23.3. The van der Waals surface area contributed by atoms with Gasteiger partial charge in [0.15, 0.2) is 5.78 Å². The Morgan fingerprint density at radius 3 is 1.73 bits per heavy atom. The van der Waals surface area contributed by atoms with Gasteiger partial charge in [0, 0.05) is 65.3 Å². The molecule has 0 radical (unpaired) electrons. The third kappa shape index (κ3) is 14.5. The molecular weight excluding hydrogens is 598 g/mol. The van der Waals surface area contributed by atoms with Gasteiger partial charge in [0.1, 0.15) is 12.4 Å². The van der Waals surface area contributed by atoms with E-state index >= 15 is 0 Å². The van der Waals surface area contributed by atoms with Crippen LogP contribution in [0, 0.1) is 0 Å². The van der Waals surface area contributed by atoms with Crippen LogP contribution in [0.5, 0.6) is 0 Å². The molecule has 1 fully saturated rings. The number of benzene rings is 3. The molecule has 260 valence electrons. The molecular formula is C40H57N5O3. The van der Waals surface area contributed by atoms with Crippen LogP contribution in [0.1, 0.15) is 35.1 Å². The van der Waals surface area contributed by atoms with Crippen LogP contribution in [-0.4, -0.2) is 124 Å². The molecule has 1 N–H and O–H groups in total. The Kier molecular flexibility index (Phi) is 16.4. The predicted molar refractivity (Wildman–Crippen MR) is 195 cm³/mol. The zero-order chi connectivity index (χ0) is 34.0. The fraction of sp³-hybridized carbons (Fsp3) is 0.500. The number of ether oxygens (including phenoxy) is 1. The Morgan fingerprint density at radius 1 is 0.646 bits per heavy atom. The van der Waals surface area contributed by atoms with Gasteiger partial charge < -0.3 is 24.8 Å². The fourth-order valence-corrected chi connectivity index (χ4v) is 5.87. The van der Waals surface area contributed by atoms with Gasteiger partial charge in [0.2, 0.25) is 0 Å². The number of hydrogen-bond acceptors (Lipinski definition) is 8. The SMILES string of the molecule is CN1CCN(C)CCN(CC(=O)CCc2ccc(CN[C@H](CCc3ccccc3)C(=O)COCc3ccccc3)cc2)CCN(C)CC1. The number of carbonyl (C=O) groups excluding carboxylic acids is 2. The zero-order valence-electron chi connectivity index (χ0n) is 29.5. The summed E-state index contributed by atoms with van der Waals surface area (Å²) in [5, 5.41) is 3.51. The lowest BCUT2D eigenvalue weighted by Gasteiger charge is -2.30. The Labute approximate surface area is 289 Å². The lowest BCUT2D eigenvalue weighted by molar-refractivity contribution is -0.126. The molecule has 48 heavy (non-hydrogen) atoms. The molecule has 1 aliphatic rings. The normalized spacial score (nSPS) is 17.0. The highest BCUT2D eigenvalue weighted by molar-refractivity contribution is 5.85. The summed E-state index contributed by atoms with van der Waals surface area (Å²) in [5.74, 6) is 0.368. The molecule has 4 rings (SSSR count). The standard InChI is InChI=1S/C40H57N5O3/c1-42-22-24-43(2)26-28-45(29-27-44(3)25-23-42)31-38(46)20-18-35-14-16-36(17-15-35)30-41-39(21-19-34-10-6-4-7-11-34)40(47)33-48-32-37-12-8-5-9-13-37/h4-17,39,41H,18-33H2,1-3H3/t39-/m1/s1. The molecule has 0 aromatic heterocycles. The summed E-state index contributed by atoms with van der Waals surface area (Å²) >= 11 is 0. The summed E-state index contributed by atoms with van der Waals surface area (Å²) in [6, 6.07) is 28.4. The lowest BCUT2D eigenvalue weighted by Crippen LogP contribution is -2.44. The summed E-state index contributed by atoms with van der Waals surface area (Å²) < 4.78 is 5.80. The van der Waals surface area contributed by atoms with E-state index in [1.165, 1.54) is 5.56 Å². The zero-order valence-corrected chi connectivity index (χ0v) is 29.5. The molecule has 3 aromatic rings. The van der Waals surface area contributed by atoms with E-state index in [9.17, 15) is 9.59 Å². The number of aryl methyl sites for hydroxylation is 2. The van der Waals surface area contributed by atoms with Crippen LogP contribution in [0.4, 0.5) is 0 Å². The minimum Gasteiger partial charge on any atom is -0.369 e. The maximum absolute atomic E-state index is 13.2. The molecule has 0 saturated carbocycles. The summed E-state index contributed by atoms with van der Waals surface area (Å²) in [6.45, 7) is 9.59. The molecule has 1 atom stereocenters. The summed E-state index contributed by atoms with van der Waals surface area (Å²) in [5.41, 5.74) is 4.56. The topological polar surface area (TPSA) is 68.4 Å². The van der Waals surface area contributed by atoms with Crippen LogP contribution in [-0.2, 0) is 40.3 Å². The molecule has 0 bridgehead atoms. The van der Waals surface area contributed by atoms with Crippen LogP contribution in [0.25, 0.3) is 0 Å². The van der Waals surface area contributed by atoms with Gasteiger partial charge in [-0.25, -0.2) is 0 Å². The van der Waals surface area contributed by atoms with Gasteiger partial charge in [-0.15, -0.1) is 0 Å². The van der Waals surface area contributed by atoms with E-state index in [0.717, 1.165) is 81.9 Å². The van der Waals surface area contributed by atoms with E-state index in [2.05, 4.69) is 82.5 Å². The van der Waals surface area contributed by atoms with Gasteiger partial charge in [0.25, 0.3) is 0 Å². The molecule has 1 heterocycles. The highest BCUT2D eigenvalue weighted by Gasteiger charge is 2.19. The molecule has 3 aromatic carbocycles. The predicted octanol–water partition coefficient (Wildman–Crippen LogP) is 4.18. The van der Waals surface area contributed by atoms with Crippen LogP contribution >= 0.6 is 0 Å². The minimum absolute atomic E-state index is 0.0696. The van der Waals surface area contributed by atoms with Gasteiger partial charge in [0.05, 0.1) is 19.2 Å². The van der Waals surface area contributed by atoms with Crippen molar-refractivity contribution in [1.29, 1.82) is 0 Å². The highest BCUT2D eigenvalue weighted by atomic mass is 16.5. The smallest absolute Gasteiger partial charge is 0.175 e. The maximum atomic E-state index is 13.2. The van der Waals surface area contributed by atoms with Gasteiger partial charge in [-0.1, -0.05) is 84.9 Å². The van der Waals surface area contributed by atoms with Crippen LogP contribution in [0.2, 0.25) is 0 Å². The van der Waals surface area contributed by atoms with Gasteiger partial charge >= 0.3 is 0 Å². The van der Waals surface area contributed by atoms with Crippen LogP contribution in [0.3, 0.4) is 0 Å². The van der Waals surface area contributed by atoms with E-state index in [1.54, 1.807) is 0 Å². The number of ketones is 2. The monoisotopic (exact) mass is 655 g/mol. The molecule has 0 unspecified atom stereocenters. The van der Waals surface area contributed by atoms with Crippen molar-refractivity contribution in [3.63, 3.8) is 0 Å². The molecule has 1 saturated heterocycles. The van der Waals surface area contributed by atoms with Crippen molar-refractivity contribution in [2.24, 2.45) is 0 Å². The largest absolute Gasteiger partial charge is 0.369 e. The van der Waals surface area contributed by atoms with E-state index in [1.807, 2.05) is 48.5 Å². The number of hydrogen-bond donors (Lipinski definition) is 1. The van der Waals surface area contributed by atoms with E-state index in [-0.39, 0.29) is 18.4 Å². The fourth-order valence-electron chi connectivity index (χ4n) is 5.87. The lowest BCUT2D eigenvalue weighted by atomic mass is 10.0. The first-order valence-corrected chi connectivity index (χ1v) is 17.6. The van der Waals surface area contributed by atoms with Crippen molar-refractivity contribution in [3.05, 3.63) is 107 Å². The van der Waals surface area contributed by atoms with Gasteiger partial charge in [-0.3, -0.25) is 14.5 Å². The maximum Gasteiger partial charge on any atom is 0.175 e. The summed E-state index contributed by atoms with van der Waals surface area (Å²) in [7, 11) is 6.55. The second-order valence-corrected chi connectivity index (χ2v) is 13.4. The number of rotatable bonds is 16. The first kappa shape index (κ1) is 37.6. The Hall–Kier alpha value is -3.24. The minimum atomic E-state index is -0.301. The number of carbonyl (C=O) groups is 2. The van der Waals surface area contributed by atoms with Gasteiger partial charge in [-0.05, 0) is 62.7 Å². The van der Waals surface area contributed by atoms with Crippen LogP contribution in [0.15, 0.2) is 84.9 Å². The average Bonchev–Trinajstić information content (AvgIpc) is 3.11. The van der Waals surface area contributed by atoms with E-state index < -0.39 is 0 Å². The van der Waals surface area contributed by atoms with E-state index in [4.69, 9.17) is 4.74 Å². The van der Waals surface area contributed by atoms with Crippen molar-refractivity contribution in [3.8, 4) is 0 Å². The third-order valence-corrected chi connectivity index (χ3v) is 9.30. The van der Waals surface area contributed by atoms with Crippen molar-refractivity contribution >= 4 is 11.6 Å². The number of Topliss-reactive ketones (excluding diaryl/α,β-unsaturated/α-hetero) is 2. The van der Waals surface area contributed by atoms with Crippen molar-refractivity contribution < 1.29 is 14.3 Å². The quantitative estimate of drug-likeness (QED) is 0.247. The Bertz CT molecular complexity index is 1320. The number of nitrogens with one attached hydrogen (secondary N) is 1. The molecule has 8 heteroatoms. The third-order valence-electron chi connectivity index (χ3n) is 9.30.